The number of hydrogen-bond acceptors (Lipinski definition) is 2. The van der Waals surface area contributed by atoms with Gasteiger partial charge in [-0.25, -0.2) is 0 Å². The van der Waals surface area contributed by atoms with Crippen molar-refractivity contribution >= 4 is 0 Å². The van der Waals surface area contributed by atoms with Crippen LogP contribution in [0.15, 0.2) is 24.3 Å². The van der Waals surface area contributed by atoms with E-state index in [-0.39, 0.29) is 13.2 Å². The average Bonchev–Trinajstić information content (AvgIpc) is 2.16. The first-order chi connectivity index (χ1) is 7.03. The molecule has 84 valence electrons. The second kappa shape index (κ2) is 5.02. The van der Waals surface area contributed by atoms with Crippen LogP contribution in [-0.4, -0.2) is 12.8 Å². The molecule has 0 amide bonds. The Balaban J connectivity index is 2.50. The molecule has 1 rings (SSSR count). The van der Waals surface area contributed by atoms with Gasteiger partial charge in [-0.3, -0.25) is 0 Å². The number of para-hydroxylation sites is 1. The minimum Gasteiger partial charge on any atom is -0.493 e. The fraction of sp³-hybridized carbons (Fsp3) is 0.400. The lowest BCUT2D eigenvalue weighted by Crippen LogP contribution is -2.13. The lowest BCUT2D eigenvalue weighted by atomic mass is 10.2. The summed E-state index contributed by atoms with van der Waals surface area (Å²) >= 11 is 0. The number of alkyl halides is 3. The van der Waals surface area contributed by atoms with Crippen LogP contribution in [0.4, 0.5) is 13.2 Å². The van der Waals surface area contributed by atoms with Crippen LogP contribution in [0.25, 0.3) is 0 Å². The predicted molar refractivity (Wildman–Crippen MR) is 50.5 cm³/mol. The third kappa shape index (κ3) is 4.20. The van der Waals surface area contributed by atoms with Crippen LogP contribution >= 0.6 is 0 Å². The standard InChI is InChI=1S/C10H12F3NO/c11-10(12,13)5-6-15-9-4-2-1-3-8(9)7-14/h1-4H,5-7,14H2. The molecule has 2 nitrogen and oxygen atoms in total. The smallest absolute Gasteiger partial charge is 0.392 e. The summed E-state index contributed by atoms with van der Waals surface area (Å²) in [5.74, 6) is 0.421. The number of ether oxygens (including phenoxy) is 1. The van der Waals surface area contributed by atoms with Crippen molar-refractivity contribution in [3.05, 3.63) is 29.8 Å². The summed E-state index contributed by atoms with van der Waals surface area (Å²) in [5, 5.41) is 0. The van der Waals surface area contributed by atoms with Gasteiger partial charge in [0, 0.05) is 12.1 Å². The molecule has 0 radical (unpaired) electrons. The summed E-state index contributed by atoms with van der Waals surface area (Å²) in [7, 11) is 0. The zero-order valence-electron chi connectivity index (χ0n) is 8.05. The molecule has 0 heterocycles. The molecule has 0 aromatic heterocycles. The Bertz CT molecular complexity index is 312. The molecule has 1 aromatic carbocycles. The number of hydrogen-bond donors (Lipinski definition) is 1. The third-order valence-electron chi connectivity index (χ3n) is 1.84. The van der Waals surface area contributed by atoms with Crippen molar-refractivity contribution in [1.29, 1.82) is 0 Å². The van der Waals surface area contributed by atoms with E-state index < -0.39 is 12.6 Å². The Kier molecular flexibility index (Phi) is 3.96. The molecule has 0 unspecified atom stereocenters. The summed E-state index contributed by atoms with van der Waals surface area (Å²) in [6, 6.07) is 6.79. The highest BCUT2D eigenvalue weighted by atomic mass is 19.4. The van der Waals surface area contributed by atoms with Gasteiger partial charge in [-0.05, 0) is 6.07 Å². The van der Waals surface area contributed by atoms with Gasteiger partial charge in [-0.15, -0.1) is 0 Å². The number of benzene rings is 1. The fourth-order valence-corrected chi connectivity index (χ4v) is 1.09. The molecule has 1 aromatic rings. The minimum absolute atomic E-state index is 0.252. The molecular weight excluding hydrogens is 207 g/mol. The van der Waals surface area contributed by atoms with Crippen molar-refractivity contribution in [2.75, 3.05) is 6.61 Å². The molecule has 0 aliphatic carbocycles. The van der Waals surface area contributed by atoms with Gasteiger partial charge in [-0.2, -0.15) is 13.2 Å². The Labute approximate surface area is 85.8 Å². The Morgan fingerprint density at radius 3 is 2.47 bits per heavy atom. The van der Waals surface area contributed by atoms with Gasteiger partial charge in [0.15, 0.2) is 0 Å². The van der Waals surface area contributed by atoms with E-state index in [1.54, 1.807) is 24.3 Å². The van der Waals surface area contributed by atoms with Crippen molar-refractivity contribution in [3.8, 4) is 5.75 Å². The summed E-state index contributed by atoms with van der Waals surface area (Å²) in [6.07, 6.45) is -5.14. The molecule has 0 fully saturated rings. The van der Waals surface area contributed by atoms with Crippen LogP contribution in [0.3, 0.4) is 0 Å². The lowest BCUT2D eigenvalue weighted by Gasteiger charge is -2.11. The molecule has 0 bridgehead atoms. The maximum atomic E-state index is 11.8. The van der Waals surface area contributed by atoms with Gasteiger partial charge in [0.2, 0.25) is 0 Å². The highest BCUT2D eigenvalue weighted by Gasteiger charge is 2.26. The van der Waals surface area contributed by atoms with Gasteiger partial charge >= 0.3 is 6.18 Å². The van der Waals surface area contributed by atoms with Crippen LogP contribution in [0.5, 0.6) is 5.75 Å². The maximum absolute atomic E-state index is 11.8. The van der Waals surface area contributed by atoms with E-state index in [0.717, 1.165) is 0 Å². The van der Waals surface area contributed by atoms with E-state index in [2.05, 4.69) is 0 Å². The number of nitrogens with two attached hydrogens (primary N) is 1. The highest BCUT2D eigenvalue weighted by molar-refractivity contribution is 5.32. The zero-order chi connectivity index (χ0) is 11.3. The van der Waals surface area contributed by atoms with E-state index in [0.29, 0.717) is 11.3 Å². The zero-order valence-corrected chi connectivity index (χ0v) is 8.05. The molecule has 0 atom stereocenters. The van der Waals surface area contributed by atoms with E-state index >= 15 is 0 Å². The van der Waals surface area contributed by atoms with Gasteiger partial charge in [0.25, 0.3) is 0 Å². The van der Waals surface area contributed by atoms with Crippen molar-refractivity contribution in [3.63, 3.8) is 0 Å². The summed E-state index contributed by atoms with van der Waals surface area (Å²) in [6.45, 7) is -0.122. The summed E-state index contributed by atoms with van der Waals surface area (Å²) < 4.78 is 40.5. The monoisotopic (exact) mass is 219 g/mol. The summed E-state index contributed by atoms with van der Waals surface area (Å²) in [5.41, 5.74) is 6.11. The third-order valence-corrected chi connectivity index (χ3v) is 1.84. The van der Waals surface area contributed by atoms with Gasteiger partial charge in [-0.1, -0.05) is 18.2 Å². The first-order valence-electron chi connectivity index (χ1n) is 4.50. The molecule has 0 saturated heterocycles. The van der Waals surface area contributed by atoms with E-state index in [1.807, 2.05) is 0 Å². The SMILES string of the molecule is NCc1ccccc1OCCC(F)(F)F. The average molecular weight is 219 g/mol. The second-order valence-electron chi connectivity index (χ2n) is 3.03. The maximum Gasteiger partial charge on any atom is 0.392 e. The molecule has 0 aliphatic heterocycles. The van der Waals surface area contributed by atoms with E-state index in [9.17, 15) is 13.2 Å². The van der Waals surface area contributed by atoms with Crippen molar-refractivity contribution in [2.45, 2.75) is 19.1 Å². The largest absolute Gasteiger partial charge is 0.493 e. The molecule has 0 aliphatic rings. The van der Waals surface area contributed by atoms with Crippen molar-refractivity contribution < 1.29 is 17.9 Å². The normalized spacial score (nSPS) is 11.5. The summed E-state index contributed by atoms with van der Waals surface area (Å²) in [4.78, 5) is 0. The van der Waals surface area contributed by atoms with Gasteiger partial charge < -0.3 is 10.5 Å². The van der Waals surface area contributed by atoms with Crippen LogP contribution < -0.4 is 10.5 Å². The fourth-order valence-electron chi connectivity index (χ4n) is 1.09. The second-order valence-corrected chi connectivity index (χ2v) is 3.03. The van der Waals surface area contributed by atoms with Crippen LogP contribution in [0.2, 0.25) is 0 Å². The van der Waals surface area contributed by atoms with Crippen LogP contribution in [0, 0.1) is 0 Å². The molecular formula is C10H12F3NO. The van der Waals surface area contributed by atoms with Gasteiger partial charge in [0.05, 0.1) is 13.0 Å². The number of rotatable bonds is 4. The van der Waals surface area contributed by atoms with Crippen LogP contribution in [-0.2, 0) is 6.54 Å². The van der Waals surface area contributed by atoms with Crippen LogP contribution in [0.1, 0.15) is 12.0 Å². The van der Waals surface area contributed by atoms with Crippen molar-refractivity contribution in [2.24, 2.45) is 5.73 Å². The Morgan fingerprint density at radius 1 is 1.20 bits per heavy atom. The first kappa shape index (κ1) is 11.8. The molecule has 0 saturated carbocycles. The topological polar surface area (TPSA) is 35.2 Å². The number of halogens is 3. The Hall–Kier alpha value is -1.23. The molecule has 15 heavy (non-hydrogen) atoms. The van der Waals surface area contributed by atoms with Crippen molar-refractivity contribution in [1.82, 2.24) is 0 Å². The predicted octanol–water partition coefficient (Wildman–Crippen LogP) is 2.48. The van der Waals surface area contributed by atoms with Gasteiger partial charge in [0.1, 0.15) is 5.75 Å². The minimum atomic E-state index is -4.18. The Morgan fingerprint density at radius 2 is 1.87 bits per heavy atom. The molecule has 5 heteroatoms. The molecule has 0 spiro atoms. The first-order valence-corrected chi connectivity index (χ1v) is 4.50. The highest BCUT2D eigenvalue weighted by Crippen LogP contribution is 2.22. The van der Waals surface area contributed by atoms with E-state index in [1.165, 1.54) is 0 Å². The quantitative estimate of drug-likeness (QED) is 0.844. The lowest BCUT2D eigenvalue weighted by molar-refractivity contribution is -0.139. The van der Waals surface area contributed by atoms with E-state index in [4.69, 9.17) is 10.5 Å². The molecule has 2 N–H and O–H groups in total.